The Morgan fingerprint density at radius 2 is 1.77 bits per heavy atom. The molecule has 0 aliphatic rings. The molecule has 30 heavy (non-hydrogen) atoms. The number of aromatic nitrogens is 2. The van der Waals surface area contributed by atoms with Gasteiger partial charge in [0, 0.05) is 0 Å². The number of ether oxygens (including phenoxy) is 2. The summed E-state index contributed by atoms with van der Waals surface area (Å²) in [5, 5.41) is 25.5. The highest BCUT2D eigenvalue weighted by atomic mass is 16.6. The van der Waals surface area contributed by atoms with Gasteiger partial charge in [-0.2, -0.15) is 0 Å². The number of rotatable bonds is 6. The van der Waals surface area contributed by atoms with Gasteiger partial charge in [-0.1, -0.05) is 18.7 Å². The van der Waals surface area contributed by atoms with E-state index in [1.807, 2.05) is 0 Å². The lowest BCUT2D eigenvalue weighted by Gasteiger charge is -2.08. The number of carbonyl (C=O) groups is 1. The largest absolute Gasteiger partial charge is 0.545 e. The molecule has 10 nitrogen and oxygen atoms in total. The van der Waals surface area contributed by atoms with Gasteiger partial charge in [0.1, 0.15) is 0 Å². The zero-order valence-corrected chi connectivity index (χ0v) is 16.0. The second kappa shape index (κ2) is 7.95. The average Bonchev–Trinajstić information content (AvgIpc) is 3.01. The lowest BCUT2D eigenvalue weighted by molar-refractivity contribution is -0.385. The summed E-state index contributed by atoms with van der Waals surface area (Å²) in [5.74, 6) is -0.905. The molecule has 0 saturated heterocycles. The number of hydrogen-bond donors (Lipinski definition) is 1. The summed E-state index contributed by atoms with van der Waals surface area (Å²) in [5.41, 5.74) is -0.363. The van der Waals surface area contributed by atoms with Crippen molar-refractivity contribution in [2.75, 3.05) is 14.2 Å². The Morgan fingerprint density at radius 3 is 2.30 bits per heavy atom. The third-order valence-corrected chi connectivity index (χ3v) is 4.40. The van der Waals surface area contributed by atoms with Gasteiger partial charge < -0.3 is 19.4 Å². The van der Waals surface area contributed by atoms with E-state index >= 15 is 0 Å². The summed E-state index contributed by atoms with van der Waals surface area (Å²) >= 11 is 0. The number of hydrogen-bond acceptors (Lipinski definition) is 7. The fourth-order valence-corrected chi connectivity index (χ4v) is 2.89. The number of nitrogens with zero attached hydrogens (tertiary/aromatic N) is 2. The van der Waals surface area contributed by atoms with E-state index in [4.69, 9.17) is 9.47 Å². The average molecular weight is 410 g/mol. The zero-order chi connectivity index (χ0) is 22.0. The zero-order valence-electron chi connectivity index (χ0n) is 16.0. The maximum atomic E-state index is 12.9. The number of nitro benzene ring substituents is 1. The quantitative estimate of drug-likeness (QED) is 0.434. The fourth-order valence-electron chi connectivity index (χ4n) is 2.89. The topological polar surface area (TPSA) is 140 Å². The van der Waals surface area contributed by atoms with Crippen molar-refractivity contribution >= 4 is 24.3 Å². The minimum absolute atomic E-state index is 0.0408. The number of nitrogens with one attached hydrogen (secondary N) is 1. The van der Waals surface area contributed by atoms with Crippen LogP contribution in [-0.4, -0.2) is 34.9 Å². The van der Waals surface area contributed by atoms with Crippen LogP contribution in [-0.2, 0) is 0 Å². The Labute approximate surface area is 169 Å². The van der Waals surface area contributed by atoms with E-state index in [9.17, 15) is 24.8 Å². The van der Waals surface area contributed by atoms with Crippen LogP contribution in [0.2, 0.25) is 0 Å². The molecule has 3 rings (SSSR count). The minimum Gasteiger partial charge on any atom is -0.545 e. The van der Waals surface area contributed by atoms with E-state index in [0.29, 0.717) is 5.69 Å². The third-order valence-electron chi connectivity index (χ3n) is 4.40. The first-order valence-corrected chi connectivity index (χ1v) is 8.50. The van der Waals surface area contributed by atoms with Gasteiger partial charge in [-0.15, -0.1) is 0 Å². The minimum atomic E-state index is -1.34. The summed E-state index contributed by atoms with van der Waals surface area (Å²) in [6.07, 6.45) is 1.33. The lowest BCUT2D eigenvalue weighted by Crippen LogP contribution is -2.34. The molecule has 0 unspecified atom stereocenters. The van der Waals surface area contributed by atoms with Crippen molar-refractivity contribution in [1.29, 1.82) is 0 Å². The summed E-state index contributed by atoms with van der Waals surface area (Å²) in [6, 6.07) is 8.03. The SMILES string of the molecule is C=c1[nH]n(-c2ccc(C(=O)[O-])cc2)c(=O)/c1=C/c1cc(OC)c(OC)cc1[N+](=O)[O-]. The predicted molar refractivity (Wildman–Crippen MR) is 105 cm³/mol. The summed E-state index contributed by atoms with van der Waals surface area (Å²) in [4.78, 5) is 34.7. The maximum absolute atomic E-state index is 12.9. The van der Waals surface area contributed by atoms with Crippen molar-refractivity contribution in [3.63, 3.8) is 0 Å². The summed E-state index contributed by atoms with van der Waals surface area (Å²) in [7, 11) is 2.75. The van der Waals surface area contributed by atoms with Crippen LogP contribution in [0.5, 0.6) is 11.5 Å². The molecule has 1 aromatic heterocycles. The highest BCUT2D eigenvalue weighted by Gasteiger charge is 2.18. The fraction of sp³-hybridized carbons (Fsp3) is 0.100. The molecule has 1 N–H and O–H groups in total. The molecule has 0 saturated carbocycles. The van der Waals surface area contributed by atoms with E-state index in [1.165, 1.54) is 56.7 Å². The van der Waals surface area contributed by atoms with Crippen LogP contribution in [0.3, 0.4) is 0 Å². The standard InChI is InChI=1S/C20H17N3O7/c1-11-15(8-13-9-17(29-2)18(30-3)10-16(13)23(27)28)19(24)22(21-11)14-6-4-12(5-7-14)20(25)26/h4-10,21H,1H2,2-3H3,(H,25,26)/p-1/b15-8+. The molecule has 10 heteroatoms. The normalized spacial score (nSPS) is 11.3. The molecule has 0 bridgehead atoms. The molecular formula is C20H16N3O7-. The number of aromatic carboxylic acids is 1. The Bertz CT molecular complexity index is 1300. The molecule has 2 aromatic carbocycles. The number of carbonyl (C=O) groups excluding carboxylic acids is 1. The Hall–Kier alpha value is -4.34. The number of benzene rings is 2. The van der Waals surface area contributed by atoms with Crippen molar-refractivity contribution in [1.82, 2.24) is 9.78 Å². The number of methoxy groups -OCH3 is 2. The molecule has 0 atom stereocenters. The first-order chi connectivity index (χ1) is 14.3. The molecule has 154 valence electrons. The molecule has 0 aliphatic heterocycles. The van der Waals surface area contributed by atoms with Gasteiger partial charge in [0.2, 0.25) is 0 Å². The van der Waals surface area contributed by atoms with Crippen LogP contribution in [0.4, 0.5) is 5.69 Å². The van der Waals surface area contributed by atoms with Crippen molar-refractivity contribution < 1.29 is 24.3 Å². The van der Waals surface area contributed by atoms with E-state index in [-0.39, 0.29) is 38.9 Å². The Morgan fingerprint density at radius 1 is 1.17 bits per heavy atom. The first-order valence-electron chi connectivity index (χ1n) is 8.50. The maximum Gasteiger partial charge on any atom is 0.280 e. The summed E-state index contributed by atoms with van der Waals surface area (Å²) in [6.45, 7) is 3.78. The smallest absolute Gasteiger partial charge is 0.280 e. The van der Waals surface area contributed by atoms with E-state index in [2.05, 4.69) is 11.7 Å². The summed E-state index contributed by atoms with van der Waals surface area (Å²) < 4.78 is 11.4. The molecule has 0 radical (unpaired) electrons. The van der Waals surface area contributed by atoms with E-state index < -0.39 is 16.5 Å². The third kappa shape index (κ3) is 3.65. The van der Waals surface area contributed by atoms with Gasteiger partial charge in [-0.05, 0) is 29.8 Å². The van der Waals surface area contributed by atoms with E-state index in [1.54, 1.807) is 0 Å². The van der Waals surface area contributed by atoms with Crippen LogP contribution in [0.1, 0.15) is 15.9 Å². The van der Waals surface area contributed by atoms with Crippen LogP contribution < -0.4 is 30.7 Å². The van der Waals surface area contributed by atoms with Gasteiger partial charge in [0.25, 0.3) is 11.2 Å². The van der Waals surface area contributed by atoms with Crippen molar-refractivity contribution in [3.8, 4) is 17.2 Å². The van der Waals surface area contributed by atoms with Crippen LogP contribution in [0, 0.1) is 10.1 Å². The monoisotopic (exact) mass is 410 g/mol. The van der Waals surface area contributed by atoms with Crippen molar-refractivity contribution in [3.05, 3.63) is 78.6 Å². The highest BCUT2D eigenvalue weighted by Crippen LogP contribution is 2.34. The second-order valence-corrected chi connectivity index (χ2v) is 6.15. The first kappa shape index (κ1) is 20.4. The molecular weight excluding hydrogens is 394 g/mol. The molecule has 0 amide bonds. The number of H-pyrrole nitrogens is 1. The molecule has 0 aliphatic carbocycles. The molecule has 0 fully saturated rings. The van der Waals surface area contributed by atoms with Gasteiger partial charge >= 0.3 is 0 Å². The van der Waals surface area contributed by atoms with Crippen LogP contribution in [0.25, 0.3) is 18.3 Å². The second-order valence-electron chi connectivity index (χ2n) is 6.15. The number of aromatic amines is 1. The van der Waals surface area contributed by atoms with Crippen LogP contribution >= 0.6 is 0 Å². The number of carboxylic acid groups (broad SMARTS) is 1. The Kier molecular flexibility index (Phi) is 5.41. The molecule has 0 spiro atoms. The van der Waals surface area contributed by atoms with E-state index in [0.717, 1.165) is 4.68 Å². The van der Waals surface area contributed by atoms with Crippen molar-refractivity contribution in [2.45, 2.75) is 0 Å². The number of carboxylic acids is 1. The van der Waals surface area contributed by atoms with Crippen molar-refractivity contribution in [2.24, 2.45) is 0 Å². The Balaban J connectivity index is 2.20. The highest BCUT2D eigenvalue weighted by molar-refractivity contribution is 5.85. The van der Waals surface area contributed by atoms with Gasteiger partial charge in [-0.25, -0.2) is 4.68 Å². The van der Waals surface area contributed by atoms with Gasteiger partial charge in [-0.3, -0.25) is 20.0 Å². The lowest BCUT2D eigenvalue weighted by atomic mass is 10.1. The molecule has 1 heterocycles. The van der Waals surface area contributed by atoms with Crippen LogP contribution in [0.15, 0.2) is 41.2 Å². The number of nitro groups is 1. The predicted octanol–water partition coefficient (Wildman–Crippen LogP) is -0.306. The van der Waals surface area contributed by atoms with Gasteiger partial charge in [0.15, 0.2) is 11.5 Å². The molecule has 3 aromatic rings. The van der Waals surface area contributed by atoms with Gasteiger partial charge in [0.05, 0.1) is 53.0 Å².